The lowest BCUT2D eigenvalue weighted by Gasteiger charge is -2.36. The fourth-order valence-corrected chi connectivity index (χ4v) is 3.23. The lowest BCUT2D eigenvalue weighted by atomic mass is 9.74. The van der Waals surface area contributed by atoms with Gasteiger partial charge in [-0.25, -0.2) is 0 Å². The minimum absolute atomic E-state index is 0.104. The molecule has 2 heteroatoms. The lowest BCUT2D eigenvalue weighted by Crippen LogP contribution is -2.45. The second kappa shape index (κ2) is 3.34. The molecule has 0 aromatic heterocycles. The largest absolute Gasteiger partial charge is 0.351 e. The number of fused-ring (bicyclic) bond motifs is 2. The van der Waals surface area contributed by atoms with Crippen LogP contribution in [-0.2, 0) is 5.41 Å². The van der Waals surface area contributed by atoms with Gasteiger partial charge in [-0.2, -0.15) is 0 Å². The highest BCUT2D eigenvalue weighted by molar-refractivity contribution is 5.97. The molecule has 0 saturated heterocycles. The van der Waals surface area contributed by atoms with Crippen LogP contribution in [0.5, 0.6) is 0 Å². The molecule has 3 rings (SSSR count). The molecular weight excluding hydrogens is 198 g/mol. The Morgan fingerprint density at radius 3 is 2.75 bits per heavy atom. The summed E-state index contributed by atoms with van der Waals surface area (Å²) in [7, 11) is 0. The van der Waals surface area contributed by atoms with Crippen molar-refractivity contribution in [2.24, 2.45) is 0 Å². The van der Waals surface area contributed by atoms with E-state index in [0.29, 0.717) is 0 Å². The molecular formula is C14H17NO. The quantitative estimate of drug-likeness (QED) is 0.708. The smallest absolute Gasteiger partial charge is 0.251 e. The molecule has 16 heavy (non-hydrogen) atoms. The summed E-state index contributed by atoms with van der Waals surface area (Å²) in [6.07, 6.45) is 5.04. The van der Waals surface area contributed by atoms with Crippen molar-refractivity contribution in [1.82, 2.24) is 5.32 Å². The van der Waals surface area contributed by atoms with Crippen molar-refractivity contribution in [3.63, 3.8) is 0 Å². The SMILES string of the molecule is Cc1ccc2c(c1)C1(CCCC1)CNC2=O. The number of hydrogen-bond acceptors (Lipinski definition) is 1. The predicted octanol–water partition coefficient (Wildman–Crippen LogP) is 2.55. The minimum atomic E-state index is 0.104. The van der Waals surface area contributed by atoms with E-state index in [4.69, 9.17) is 0 Å². The molecule has 1 N–H and O–H groups in total. The summed E-state index contributed by atoms with van der Waals surface area (Å²) in [6, 6.07) is 6.24. The molecule has 2 nitrogen and oxygen atoms in total. The van der Waals surface area contributed by atoms with E-state index in [1.54, 1.807) is 0 Å². The van der Waals surface area contributed by atoms with Crippen molar-refractivity contribution in [3.05, 3.63) is 34.9 Å². The molecule has 1 saturated carbocycles. The van der Waals surface area contributed by atoms with Crippen molar-refractivity contribution in [2.45, 2.75) is 38.0 Å². The van der Waals surface area contributed by atoms with E-state index >= 15 is 0 Å². The molecule has 1 aromatic rings. The maximum Gasteiger partial charge on any atom is 0.251 e. The van der Waals surface area contributed by atoms with Gasteiger partial charge in [-0.15, -0.1) is 0 Å². The summed E-state index contributed by atoms with van der Waals surface area (Å²) in [5.41, 5.74) is 3.71. The highest BCUT2D eigenvalue weighted by atomic mass is 16.1. The summed E-state index contributed by atoms with van der Waals surface area (Å²) in [4.78, 5) is 11.8. The zero-order chi connectivity index (χ0) is 11.2. The molecule has 1 heterocycles. The van der Waals surface area contributed by atoms with Crippen LogP contribution in [0.1, 0.15) is 47.2 Å². The van der Waals surface area contributed by atoms with Crippen LogP contribution in [0.3, 0.4) is 0 Å². The molecule has 84 valence electrons. The predicted molar refractivity (Wildman–Crippen MR) is 63.7 cm³/mol. The second-order valence-corrected chi connectivity index (χ2v) is 5.22. The number of carbonyl (C=O) groups excluding carboxylic acids is 1. The van der Waals surface area contributed by atoms with Crippen molar-refractivity contribution in [2.75, 3.05) is 6.54 Å². The molecule has 0 unspecified atom stereocenters. The molecule has 2 aliphatic rings. The van der Waals surface area contributed by atoms with Crippen molar-refractivity contribution in [3.8, 4) is 0 Å². The normalized spacial score (nSPS) is 21.9. The summed E-state index contributed by atoms with van der Waals surface area (Å²) in [5, 5.41) is 3.05. The van der Waals surface area contributed by atoms with Crippen LogP contribution in [0.25, 0.3) is 0 Å². The zero-order valence-corrected chi connectivity index (χ0v) is 9.68. The molecule has 0 bridgehead atoms. The van der Waals surface area contributed by atoms with E-state index in [2.05, 4.69) is 18.3 Å². The van der Waals surface area contributed by atoms with E-state index in [9.17, 15) is 4.79 Å². The van der Waals surface area contributed by atoms with Crippen LogP contribution in [0.2, 0.25) is 0 Å². The fraction of sp³-hybridized carbons (Fsp3) is 0.500. The number of benzene rings is 1. The average Bonchev–Trinajstić information content (AvgIpc) is 2.74. The van der Waals surface area contributed by atoms with Crippen molar-refractivity contribution < 1.29 is 4.79 Å². The lowest BCUT2D eigenvalue weighted by molar-refractivity contribution is 0.0925. The number of rotatable bonds is 0. The summed E-state index contributed by atoms with van der Waals surface area (Å²) in [6.45, 7) is 2.94. The van der Waals surface area contributed by atoms with Crippen LogP contribution in [0, 0.1) is 6.92 Å². The van der Waals surface area contributed by atoms with Gasteiger partial charge in [0.05, 0.1) is 0 Å². The summed E-state index contributed by atoms with van der Waals surface area (Å²) in [5.74, 6) is 0.104. The number of carbonyl (C=O) groups is 1. The Hall–Kier alpha value is -1.31. The minimum Gasteiger partial charge on any atom is -0.351 e. The molecule has 1 fully saturated rings. The first-order valence-corrected chi connectivity index (χ1v) is 6.11. The van der Waals surface area contributed by atoms with E-state index < -0.39 is 0 Å². The Balaban J connectivity index is 2.18. The maximum atomic E-state index is 11.8. The van der Waals surface area contributed by atoms with E-state index in [1.807, 2.05) is 12.1 Å². The topological polar surface area (TPSA) is 29.1 Å². The van der Waals surface area contributed by atoms with Gasteiger partial charge in [-0.05, 0) is 31.4 Å². The number of aryl methyl sites for hydroxylation is 1. The number of amides is 1. The summed E-state index contributed by atoms with van der Waals surface area (Å²) < 4.78 is 0. The van der Waals surface area contributed by atoms with Crippen LogP contribution < -0.4 is 5.32 Å². The Morgan fingerprint density at radius 2 is 2.00 bits per heavy atom. The zero-order valence-electron chi connectivity index (χ0n) is 9.68. The van der Waals surface area contributed by atoms with Gasteiger partial charge in [0.2, 0.25) is 0 Å². The first-order chi connectivity index (χ1) is 7.71. The third kappa shape index (κ3) is 1.29. The van der Waals surface area contributed by atoms with Gasteiger partial charge >= 0.3 is 0 Å². The Kier molecular flexibility index (Phi) is 2.06. The van der Waals surface area contributed by atoms with Crippen molar-refractivity contribution in [1.29, 1.82) is 0 Å². The van der Waals surface area contributed by atoms with Gasteiger partial charge < -0.3 is 5.32 Å². The first kappa shape index (κ1) is 9.88. The Bertz CT molecular complexity index is 444. The molecule has 1 aromatic carbocycles. The molecule has 1 aliphatic heterocycles. The second-order valence-electron chi connectivity index (χ2n) is 5.22. The standard InChI is InChI=1S/C14H17NO/c1-10-4-5-11-12(8-10)14(6-2-3-7-14)9-15-13(11)16/h4-5,8H,2-3,6-7,9H2,1H3,(H,15,16). The van der Waals surface area contributed by atoms with Gasteiger partial charge in [0.25, 0.3) is 5.91 Å². The monoisotopic (exact) mass is 215 g/mol. The third-order valence-electron chi connectivity index (χ3n) is 4.14. The van der Waals surface area contributed by atoms with E-state index in [0.717, 1.165) is 12.1 Å². The van der Waals surface area contributed by atoms with Crippen molar-refractivity contribution >= 4 is 5.91 Å². The maximum absolute atomic E-state index is 11.8. The first-order valence-electron chi connectivity index (χ1n) is 6.11. The molecule has 1 aliphatic carbocycles. The summed E-state index contributed by atoms with van der Waals surface area (Å²) >= 11 is 0. The van der Waals surface area contributed by atoms with Gasteiger partial charge in [0.1, 0.15) is 0 Å². The van der Waals surface area contributed by atoms with Crippen LogP contribution in [0.4, 0.5) is 0 Å². The Morgan fingerprint density at radius 1 is 1.25 bits per heavy atom. The number of hydrogen-bond donors (Lipinski definition) is 1. The van der Waals surface area contributed by atoms with Gasteiger partial charge in [-0.1, -0.05) is 30.5 Å². The highest BCUT2D eigenvalue weighted by Gasteiger charge is 2.41. The van der Waals surface area contributed by atoms with Crippen LogP contribution in [0.15, 0.2) is 18.2 Å². The molecule has 1 amide bonds. The van der Waals surface area contributed by atoms with Crippen LogP contribution in [-0.4, -0.2) is 12.5 Å². The Labute approximate surface area is 96.1 Å². The highest BCUT2D eigenvalue weighted by Crippen LogP contribution is 2.43. The molecule has 1 spiro atoms. The fourth-order valence-electron chi connectivity index (χ4n) is 3.23. The van der Waals surface area contributed by atoms with Gasteiger partial charge in [0.15, 0.2) is 0 Å². The third-order valence-corrected chi connectivity index (χ3v) is 4.14. The van der Waals surface area contributed by atoms with E-state index in [1.165, 1.54) is 36.8 Å². The van der Waals surface area contributed by atoms with E-state index in [-0.39, 0.29) is 11.3 Å². The van der Waals surface area contributed by atoms with Gasteiger partial charge in [-0.3, -0.25) is 4.79 Å². The molecule has 0 radical (unpaired) electrons. The van der Waals surface area contributed by atoms with Crippen LogP contribution >= 0.6 is 0 Å². The average molecular weight is 215 g/mol. The van der Waals surface area contributed by atoms with Gasteiger partial charge in [0, 0.05) is 17.5 Å². The molecule has 0 atom stereocenters. The number of nitrogens with one attached hydrogen (secondary N) is 1.